The van der Waals surface area contributed by atoms with Gasteiger partial charge in [-0.1, -0.05) is 6.07 Å². The Balaban J connectivity index is 2.17. The molecule has 7 nitrogen and oxygen atoms in total. The van der Waals surface area contributed by atoms with Crippen LogP contribution in [0.3, 0.4) is 0 Å². The Morgan fingerprint density at radius 2 is 2.12 bits per heavy atom. The molecule has 1 aromatic heterocycles. The number of alkyl halides is 2. The molecule has 0 fully saturated rings. The predicted molar refractivity (Wildman–Crippen MR) is 84.1 cm³/mol. The zero-order chi connectivity index (χ0) is 18.4. The van der Waals surface area contributed by atoms with Gasteiger partial charge >= 0.3 is 12.6 Å². The third-order valence-electron chi connectivity index (χ3n) is 3.06. The highest BCUT2D eigenvalue weighted by molar-refractivity contribution is 7.10. The molecule has 134 valence electrons. The van der Waals surface area contributed by atoms with Crippen LogP contribution >= 0.6 is 11.3 Å². The van der Waals surface area contributed by atoms with Crippen LogP contribution in [0.15, 0.2) is 29.6 Å². The number of methoxy groups -OCH3 is 1. The highest BCUT2D eigenvalue weighted by atomic mass is 32.1. The van der Waals surface area contributed by atoms with Crippen LogP contribution < -0.4 is 9.47 Å². The summed E-state index contributed by atoms with van der Waals surface area (Å²) in [7, 11) is 1.20. The van der Waals surface area contributed by atoms with Crippen LogP contribution in [0.5, 0.6) is 11.5 Å². The van der Waals surface area contributed by atoms with E-state index in [1.54, 1.807) is 17.5 Å². The van der Waals surface area contributed by atoms with Crippen molar-refractivity contribution in [2.45, 2.75) is 19.6 Å². The molecule has 2 aromatic rings. The van der Waals surface area contributed by atoms with Gasteiger partial charge in [-0.05, 0) is 17.5 Å². The van der Waals surface area contributed by atoms with Crippen LogP contribution in [0.1, 0.15) is 10.4 Å². The van der Waals surface area contributed by atoms with Crippen molar-refractivity contribution in [2.75, 3.05) is 7.11 Å². The third-order valence-corrected chi connectivity index (χ3v) is 3.94. The first kappa shape index (κ1) is 18.6. The lowest BCUT2D eigenvalue weighted by atomic mass is 10.1. The minimum Gasteiger partial charge on any atom is -0.493 e. The van der Waals surface area contributed by atoms with Crippen LogP contribution in [0.2, 0.25) is 0 Å². The van der Waals surface area contributed by atoms with E-state index < -0.39 is 35.5 Å². The summed E-state index contributed by atoms with van der Waals surface area (Å²) in [5.74, 6) is -1.17. The summed E-state index contributed by atoms with van der Waals surface area (Å²) in [5.41, 5.74) is -0.511. The number of nitrogens with zero attached hydrogens (tertiary/aromatic N) is 1. The van der Waals surface area contributed by atoms with E-state index in [-0.39, 0.29) is 17.7 Å². The number of hydrogen-bond acceptors (Lipinski definition) is 7. The highest BCUT2D eigenvalue weighted by Gasteiger charge is 2.22. The number of nitro benzene ring substituents is 1. The number of rotatable bonds is 8. The second kappa shape index (κ2) is 8.38. The number of carbonyl (C=O) groups is 1. The molecular weight excluding hydrogens is 360 g/mol. The molecule has 0 amide bonds. The molecule has 0 radical (unpaired) electrons. The van der Waals surface area contributed by atoms with E-state index >= 15 is 0 Å². The number of hydrogen-bond donors (Lipinski definition) is 0. The van der Waals surface area contributed by atoms with Gasteiger partial charge in [0.1, 0.15) is 6.61 Å². The first-order chi connectivity index (χ1) is 11.9. The number of ether oxygens (including phenoxy) is 3. The van der Waals surface area contributed by atoms with Gasteiger partial charge in [0, 0.05) is 4.88 Å². The summed E-state index contributed by atoms with van der Waals surface area (Å²) in [4.78, 5) is 22.9. The molecule has 25 heavy (non-hydrogen) atoms. The molecule has 0 saturated heterocycles. The van der Waals surface area contributed by atoms with Gasteiger partial charge in [0.25, 0.3) is 5.69 Å². The van der Waals surface area contributed by atoms with Gasteiger partial charge in [-0.2, -0.15) is 8.78 Å². The fourth-order valence-electron chi connectivity index (χ4n) is 1.99. The summed E-state index contributed by atoms with van der Waals surface area (Å²) in [6.07, 6.45) is 0.0369. The monoisotopic (exact) mass is 373 g/mol. The van der Waals surface area contributed by atoms with Crippen molar-refractivity contribution in [1.82, 2.24) is 0 Å². The van der Waals surface area contributed by atoms with E-state index in [1.807, 2.05) is 0 Å². The van der Waals surface area contributed by atoms with Gasteiger partial charge < -0.3 is 14.2 Å². The normalized spacial score (nSPS) is 10.6. The van der Waals surface area contributed by atoms with Crippen molar-refractivity contribution in [1.29, 1.82) is 0 Å². The zero-order valence-electron chi connectivity index (χ0n) is 12.9. The minimum absolute atomic E-state index is 0.00277. The smallest absolute Gasteiger partial charge is 0.387 e. The van der Waals surface area contributed by atoms with Crippen LogP contribution in [0, 0.1) is 10.1 Å². The molecule has 0 unspecified atom stereocenters. The Hall–Kier alpha value is -2.75. The van der Waals surface area contributed by atoms with Crippen LogP contribution in [0.25, 0.3) is 0 Å². The van der Waals surface area contributed by atoms with Gasteiger partial charge in [-0.25, -0.2) is 0 Å². The average molecular weight is 373 g/mol. The predicted octanol–water partition coefficient (Wildman–Crippen LogP) is 3.55. The van der Waals surface area contributed by atoms with Crippen molar-refractivity contribution < 1.29 is 32.7 Å². The quantitative estimate of drug-likeness (QED) is 0.399. The maximum absolute atomic E-state index is 12.4. The fourth-order valence-corrected chi connectivity index (χ4v) is 2.68. The van der Waals surface area contributed by atoms with Gasteiger partial charge in [-0.15, -0.1) is 11.3 Å². The standard InChI is InChI=1S/C15H13F2NO6S/c1-22-12-5-9(8-23-14(19)6-10-3-2-4-25-10)11(18(20)21)7-13(12)24-15(16)17/h2-5,7,15H,6,8H2,1H3. The Labute approximate surface area is 144 Å². The molecule has 0 spiro atoms. The topological polar surface area (TPSA) is 87.9 Å². The number of halogens is 2. The molecule has 2 rings (SSSR count). The average Bonchev–Trinajstić information content (AvgIpc) is 3.05. The molecular formula is C15H13F2NO6S. The first-order valence-corrected chi connectivity index (χ1v) is 7.76. The lowest BCUT2D eigenvalue weighted by Crippen LogP contribution is -2.09. The zero-order valence-corrected chi connectivity index (χ0v) is 13.8. The molecule has 0 saturated carbocycles. The summed E-state index contributed by atoms with van der Waals surface area (Å²) in [6, 6.07) is 5.49. The summed E-state index contributed by atoms with van der Waals surface area (Å²) >= 11 is 1.38. The van der Waals surface area contributed by atoms with E-state index in [2.05, 4.69) is 4.74 Å². The molecule has 0 atom stereocenters. The van der Waals surface area contributed by atoms with Gasteiger partial charge in [0.05, 0.1) is 30.1 Å². The van der Waals surface area contributed by atoms with Gasteiger partial charge in [0.2, 0.25) is 0 Å². The fraction of sp³-hybridized carbons (Fsp3) is 0.267. The van der Waals surface area contributed by atoms with Gasteiger partial charge in [0.15, 0.2) is 11.5 Å². The second-order valence-electron chi connectivity index (χ2n) is 4.68. The van der Waals surface area contributed by atoms with Gasteiger partial charge in [-0.3, -0.25) is 14.9 Å². The largest absolute Gasteiger partial charge is 0.493 e. The molecule has 0 aliphatic heterocycles. The Morgan fingerprint density at radius 1 is 1.36 bits per heavy atom. The summed E-state index contributed by atoms with van der Waals surface area (Å²) in [5, 5.41) is 12.9. The Kier molecular flexibility index (Phi) is 6.23. The van der Waals surface area contributed by atoms with Crippen molar-refractivity contribution in [3.8, 4) is 11.5 Å². The number of esters is 1. The molecule has 0 aliphatic rings. The van der Waals surface area contributed by atoms with Crippen molar-refractivity contribution >= 4 is 23.0 Å². The molecule has 1 heterocycles. The van der Waals surface area contributed by atoms with E-state index in [4.69, 9.17) is 9.47 Å². The Morgan fingerprint density at radius 3 is 2.68 bits per heavy atom. The van der Waals surface area contributed by atoms with E-state index in [0.717, 1.165) is 17.0 Å². The van der Waals surface area contributed by atoms with E-state index in [0.29, 0.717) is 0 Å². The number of nitro groups is 1. The Bertz CT molecular complexity index is 751. The number of thiophene rings is 1. The van der Waals surface area contributed by atoms with Crippen molar-refractivity contribution in [3.05, 3.63) is 50.2 Å². The summed E-state index contributed by atoms with van der Waals surface area (Å²) in [6.45, 7) is -3.56. The lowest BCUT2D eigenvalue weighted by Gasteiger charge is -2.12. The first-order valence-electron chi connectivity index (χ1n) is 6.88. The summed E-state index contributed by atoms with van der Waals surface area (Å²) < 4.78 is 38.9. The van der Waals surface area contributed by atoms with Crippen LogP contribution in [-0.2, 0) is 22.6 Å². The SMILES string of the molecule is COc1cc(COC(=O)Cc2cccs2)c([N+](=O)[O-])cc1OC(F)F. The number of carbonyl (C=O) groups excluding carboxylic acids is 1. The highest BCUT2D eigenvalue weighted by Crippen LogP contribution is 2.36. The second-order valence-corrected chi connectivity index (χ2v) is 5.72. The van der Waals surface area contributed by atoms with Crippen molar-refractivity contribution in [2.24, 2.45) is 0 Å². The molecule has 1 aromatic carbocycles. The van der Waals surface area contributed by atoms with E-state index in [9.17, 15) is 23.7 Å². The van der Waals surface area contributed by atoms with Crippen LogP contribution in [-0.4, -0.2) is 24.6 Å². The molecule has 0 aliphatic carbocycles. The van der Waals surface area contributed by atoms with E-state index in [1.165, 1.54) is 18.4 Å². The van der Waals surface area contributed by atoms with Crippen molar-refractivity contribution in [3.63, 3.8) is 0 Å². The maximum atomic E-state index is 12.4. The molecule has 10 heteroatoms. The number of benzene rings is 1. The minimum atomic E-state index is -3.16. The maximum Gasteiger partial charge on any atom is 0.387 e. The lowest BCUT2D eigenvalue weighted by molar-refractivity contribution is -0.386. The third kappa shape index (κ3) is 5.11. The van der Waals surface area contributed by atoms with Crippen LogP contribution in [0.4, 0.5) is 14.5 Å². The molecule has 0 bridgehead atoms. The molecule has 0 N–H and O–H groups in total.